The lowest BCUT2D eigenvalue weighted by atomic mass is 10.0. The van der Waals surface area contributed by atoms with Crippen LogP contribution >= 0.6 is 0 Å². The van der Waals surface area contributed by atoms with Gasteiger partial charge in [0, 0.05) is 5.56 Å². The Labute approximate surface area is 277 Å². The lowest BCUT2D eigenvalue weighted by molar-refractivity contribution is -0.941. The molecule has 0 aromatic heterocycles. The van der Waals surface area contributed by atoms with E-state index in [0.29, 0.717) is 0 Å². The fourth-order valence-electron chi connectivity index (χ4n) is 6.65. The minimum absolute atomic E-state index is 1.18. The zero-order valence-corrected chi connectivity index (χ0v) is 30.1. The molecule has 0 amide bonds. The van der Waals surface area contributed by atoms with E-state index in [1.807, 2.05) is 0 Å². The largest absolute Gasteiger partial charge is 0.320 e. The van der Waals surface area contributed by atoms with E-state index in [-0.39, 0.29) is 0 Å². The number of hydrogen-bond donors (Lipinski definition) is 0. The first-order valence-corrected chi connectivity index (χ1v) is 19.6. The average molecular weight is 607 g/mol. The van der Waals surface area contributed by atoms with E-state index in [2.05, 4.69) is 87.6 Å². The van der Waals surface area contributed by atoms with Gasteiger partial charge >= 0.3 is 0 Å². The third-order valence-corrected chi connectivity index (χ3v) is 9.33. The summed E-state index contributed by atoms with van der Waals surface area (Å²) in [6, 6.07) is 11.5. The van der Waals surface area contributed by atoms with Gasteiger partial charge in [0.25, 0.3) is 0 Å². The van der Waals surface area contributed by atoms with E-state index in [4.69, 9.17) is 0 Å². The molecule has 0 aliphatic rings. The molecule has 0 heterocycles. The van der Waals surface area contributed by atoms with E-state index in [1.54, 1.807) is 5.56 Å². The van der Waals surface area contributed by atoms with Gasteiger partial charge in [0.1, 0.15) is 6.54 Å². The molecule has 1 aromatic carbocycles. The van der Waals surface area contributed by atoms with Crippen LogP contribution in [-0.2, 0) is 6.54 Å². The number of rotatable bonds is 32. The lowest BCUT2D eigenvalue weighted by Crippen LogP contribution is -2.49. The van der Waals surface area contributed by atoms with Crippen LogP contribution in [0.3, 0.4) is 0 Å². The summed E-state index contributed by atoms with van der Waals surface area (Å²) in [4.78, 5) is 0. The molecule has 0 aliphatic carbocycles. The van der Waals surface area contributed by atoms with Crippen LogP contribution in [0.15, 0.2) is 66.8 Å². The highest BCUT2D eigenvalue weighted by Gasteiger charge is 2.26. The third-order valence-electron chi connectivity index (χ3n) is 9.33. The van der Waals surface area contributed by atoms with E-state index in [0.717, 1.165) is 0 Å². The van der Waals surface area contributed by atoms with E-state index < -0.39 is 0 Å². The molecule has 1 aromatic rings. The van der Waals surface area contributed by atoms with E-state index >= 15 is 0 Å². The second-order valence-electron chi connectivity index (χ2n) is 13.5. The van der Waals surface area contributed by atoms with Crippen molar-refractivity contribution in [3.05, 3.63) is 72.4 Å². The maximum atomic E-state index is 2.39. The molecule has 0 N–H and O–H groups in total. The van der Waals surface area contributed by atoms with Gasteiger partial charge in [-0.2, -0.15) is 0 Å². The van der Waals surface area contributed by atoms with Crippen LogP contribution < -0.4 is 0 Å². The number of unbranched alkanes of at least 4 members (excludes halogenated alkanes) is 18. The zero-order chi connectivity index (χ0) is 31.7. The molecular formula is C43H76N+. The molecule has 0 bridgehead atoms. The van der Waals surface area contributed by atoms with Crippen molar-refractivity contribution in [3.8, 4) is 0 Å². The van der Waals surface area contributed by atoms with Crippen molar-refractivity contribution in [1.29, 1.82) is 0 Å². The van der Waals surface area contributed by atoms with Crippen molar-refractivity contribution in [2.24, 2.45) is 0 Å². The standard InChI is InChI=1S/C43H76N/c1-4-7-10-13-16-19-22-25-28-34-39-44(42-43-37-32-31-33-38-43,40-35-29-26-23-20-17-14-11-8-5-2)41-36-30-27-24-21-18-15-12-9-6-3/h7-12,31-33,37-38H,4-6,13-30,34-36,39-42H2,1-3H3/q+1/b10-7+,11-8+,12-9+. The fourth-order valence-corrected chi connectivity index (χ4v) is 6.65. The van der Waals surface area contributed by atoms with Crippen molar-refractivity contribution in [2.75, 3.05) is 19.6 Å². The van der Waals surface area contributed by atoms with Gasteiger partial charge in [0.15, 0.2) is 0 Å². The minimum Gasteiger partial charge on any atom is -0.320 e. The van der Waals surface area contributed by atoms with Gasteiger partial charge in [-0.05, 0) is 96.3 Å². The maximum Gasteiger partial charge on any atom is 0.104 e. The molecule has 0 fully saturated rings. The number of benzene rings is 1. The molecule has 252 valence electrons. The predicted molar refractivity (Wildman–Crippen MR) is 200 cm³/mol. The van der Waals surface area contributed by atoms with Crippen LogP contribution in [0.1, 0.15) is 180 Å². The van der Waals surface area contributed by atoms with Crippen LogP contribution in [0.4, 0.5) is 0 Å². The highest BCUT2D eigenvalue weighted by atomic mass is 15.3. The number of nitrogens with zero attached hydrogens (tertiary/aromatic N) is 1. The van der Waals surface area contributed by atoms with Gasteiger partial charge in [0.2, 0.25) is 0 Å². The molecule has 44 heavy (non-hydrogen) atoms. The molecule has 1 nitrogen and oxygen atoms in total. The van der Waals surface area contributed by atoms with Crippen LogP contribution in [-0.4, -0.2) is 24.1 Å². The fraction of sp³-hybridized carbons (Fsp3) is 0.721. The lowest BCUT2D eigenvalue weighted by Gasteiger charge is -2.39. The molecule has 1 heteroatoms. The molecule has 0 saturated carbocycles. The first-order chi connectivity index (χ1) is 21.8. The molecule has 0 aliphatic heterocycles. The Morgan fingerprint density at radius 1 is 0.386 bits per heavy atom. The Balaban J connectivity index is 2.62. The smallest absolute Gasteiger partial charge is 0.104 e. The zero-order valence-electron chi connectivity index (χ0n) is 30.1. The number of quaternary nitrogens is 1. The van der Waals surface area contributed by atoms with Crippen molar-refractivity contribution >= 4 is 0 Å². The van der Waals surface area contributed by atoms with Gasteiger partial charge < -0.3 is 4.48 Å². The Bertz CT molecular complexity index is 714. The topological polar surface area (TPSA) is 0 Å². The Morgan fingerprint density at radius 2 is 0.705 bits per heavy atom. The normalized spacial score (nSPS) is 12.4. The quantitative estimate of drug-likeness (QED) is 0.0435. The SMILES string of the molecule is CC/C=C/CCCCCCCC[N+](CCCCCCCC/C=C/CC)(CCCCCCCC/C=C/CC)Cc1ccccc1. The molecule has 0 unspecified atom stereocenters. The summed E-state index contributed by atoms with van der Waals surface area (Å²) >= 11 is 0. The maximum absolute atomic E-state index is 2.39. The first kappa shape index (κ1) is 40.4. The van der Waals surface area contributed by atoms with Gasteiger partial charge in [-0.25, -0.2) is 0 Å². The Morgan fingerprint density at radius 3 is 1.05 bits per heavy atom. The Kier molecular flexibility index (Phi) is 28.8. The van der Waals surface area contributed by atoms with Crippen LogP contribution in [0.25, 0.3) is 0 Å². The van der Waals surface area contributed by atoms with Crippen LogP contribution in [0.2, 0.25) is 0 Å². The predicted octanol–water partition coefficient (Wildman–Crippen LogP) is 14.1. The van der Waals surface area contributed by atoms with Gasteiger partial charge in [0.05, 0.1) is 19.6 Å². The monoisotopic (exact) mass is 607 g/mol. The summed E-state index contributed by atoms with van der Waals surface area (Å²) in [6.07, 6.45) is 46.8. The van der Waals surface area contributed by atoms with Gasteiger partial charge in [-0.3, -0.25) is 0 Å². The van der Waals surface area contributed by atoms with Crippen molar-refractivity contribution in [1.82, 2.24) is 0 Å². The van der Waals surface area contributed by atoms with Gasteiger partial charge in [-0.1, -0.05) is 145 Å². The molecule has 0 saturated heterocycles. The van der Waals surface area contributed by atoms with E-state index in [1.165, 1.54) is 185 Å². The molecule has 0 radical (unpaired) electrons. The molecule has 0 atom stereocenters. The van der Waals surface area contributed by atoms with E-state index in [9.17, 15) is 0 Å². The molecule has 1 rings (SSSR count). The molecule has 0 spiro atoms. The summed E-state index contributed by atoms with van der Waals surface area (Å²) in [5, 5.41) is 0. The van der Waals surface area contributed by atoms with Crippen LogP contribution in [0.5, 0.6) is 0 Å². The number of hydrogen-bond acceptors (Lipinski definition) is 0. The highest BCUT2D eigenvalue weighted by Crippen LogP contribution is 2.22. The van der Waals surface area contributed by atoms with Gasteiger partial charge in [-0.15, -0.1) is 0 Å². The summed E-state index contributed by atoms with van der Waals surface area (Å²) in [5.41, 5.74) is 1.55. The average Bonchev–Trinajstić information content (AvgIpc) is 3.04. The van der Waals surface area contributed by atoms with Crippen LogP contribution in [0, 0.1) is 0 Å². The second kappa shape index (κ2) is 31.4. The highest BCUT2D eigenvalue weighted by molar-refractivity contribution is 5.13. The first-order valence-electron chi connectivity index (χ1n) is 19.6. The number of allylic oxidation sites excluding steroid dienone is 6. The summed E-state index contributed by atoms with van der Waals surface area (Å²) in [6.45, 7) is 12.1. The summed E-state index contributed by atoms with van der Waals surface area (Å²) in [5.74, 6) is 0. The summed E-state index contributed by atoms with van der Waals surface area (Å²) in [7, 11) is 0. The minimum atomic E-state index is 1.18. The summed E-state index contributed by atoms with van der Waals surface area (Å²) < 4.78 is 1.33. The third kappa shape index (κ3) is 24.7. The van der Waals surface area contributed by atoms with Crippen molar-refractivity contribution in [3.63, 3.8) is 0 Å². The second-order valence-corrected chi connectivity index (χ2v) is 13.5. The van der Waals surface area contributed by atoms with Crippen molar-refractivity contribution < 1.29 is 4.48 Å². The molecular weight excluding hydrogens is 530 g/mol. The van der Waals surface area contributed by atoms with Crippen molar-refractivity contribution in [2.45, 2.75) is 181 Å². The Hall–Kier alpha value is -1.60.